The summed E-state index contributed by atoms with van der Waals surface area (Å²) < 4.78 is 7.34. The molecule has 0 radical (unpaired) electrons. The minimum atomic E-state index is -0.439. The smallest absolute Gasteiger partial charge is 0.318 e. The van der Waals surface area contributed by atoms with Crippen molar-refractivity contribution in [3.8, 4) is 0 Å². The first-order valence-corrected chi connectivity index (χ1v) is 6.97. The van der Waals surface area contributed by atoms with Crippen molar-refractivity contribution < 1.29 is 14.6 Å². The van der Waals surface area contributed by atoms with E-state index in [0.717, 1.165) is 5.56 Å². The Bertz CT molecular complexity index is 445. The Kier molecular flexibility index (Phi) is 5.03. The van der Waals surface area contributed by atoms with E-state index in [-0.39, 0.29) is 12.1 Å². The van der Waals surface area contributed by atoms with E-state index in [4.69, 9.17) is 4.74 Å². The van der Waals surface area contributed by atoms with Crippen molar-refractivity contribution in [2.45, 2.75) is 32.0 Å². The predicted octanol–water partition coefficient (Wildman–Crippen LogP) is 0.706. The molecule has 0 spiro atoms. The van der Waals surface area contributed by atoms with Gasteiger partial charge in [-0.25, -0.2) is 4.79 Å². The van der Waals surface area contributed by atoms with Gasteiger partial charge in [-0.1, -0.05) is 0 Å². The maximum Gasteiger partial charge on any atom is 0.318 e. The fourth-order valence-electron chi connectivity index (χ4n) is 2.46. The van der Waals surface area contributed by atoms with E-state index in [2.05, 4.69) is 5.32 Å². The normalized spacial score (nSPS) is 20.8. The maximum absolute atomic E-state index is 12.2. The SMILES string of the molecule is CC(O)CC1COCCN1C(=O)NCc1ccn(C)c1. The second-order valence-corrected chi connectivity index (χ2v) is 5.35. The Morgan fingerprint density at radius 1 is 1.65 bits per heavy atom. The van der Waals surface area contributed by atoms with Crippen LogP contribution in [0.4, 0.5) is 4.79 Å². The number of nitrogens with one attached hydrogen (secondary N) is 1. The summed E-state index contributed by atoms with van der Waals surface area (Å²) >= 11 is 0. The molecule has 20 heavy (non-hydrogen) atoms. The third kappa shape index (κ3) is 3.98. The van der Waals surface area contributed by atoms with Crippen LogP contribution in [0.3, 0.4) is 0 Å². The van der Waals surface area contributed by atoms with Gasteiger partial charge in [0, 0.05) is 32.5 Å². The van der Waals surface area contributed by atoms with Crippen LogP contribution in [0.25, 0.3) is 0 Å². The van der Waals surface area contributed by atoms with Crippen LogP contribution in [0.2, 0.25) is 0 Å². The third-order valence-electron chi connectivity index (χ3n) is 3.44. The van der Waals surface area contributed by atoms with E-state index in [1.165, 1.54) is 0 Å². The number of urea groups is 1. The zero-order chi connectivity index (χ0) is 14.5. The van der Waals surface area contributed by atoms with Gasteiger partial charge in [0.05, 0.1) is 25.4 Å². The first-order valence-electron chi connectivity index (χ1n) is 6.97. The van der Waals surface area contributed by atoms with Crippen LogP contribution in [0.1, 0.15) is 18.9 Å². The monoisotopic (exact) mass is 281 g/mol. The van der Waals surface area contributed by atoms with E-state index in [0.29, 0.717) is 32.7 Å². The van der Waals surface area contributed by atoms with Crippen molar-refractivity contribution in [3.63, 3.8) is 0 Å². The Balaban J connectivity index is 1.88. The standard InChI is InChI=1S/C14H23N3O3/c1-11(18)7-13-10-20-6-5-17(13)14(19)15-8-12-3-4-16(2)9-12/h3-4,9,11,13,18H,5-8,10H2,1-2H3,(H,15,19). The molecule has 112 valence electrons. The number of hydrogen-bond acceptors (Lipinski definition) is 3. The second kappa shape index (κ2) is 6.76. The summed E-state index contributed by atoms with van der Waals surface area (Å²) in [5.41, 5.74) is 1.07. The summed E-state index contributed by atoms with van der Waals surface area (Å²) in [6, 6.07) is 1.83. The summed E-state index contributed by atoms with van der Waals surface area (Å²) in [6.07, 6.45) is 4.03. The van der Waals surface area contributed by atoms with E-state index in [1.807, 2.05) is 30.1 Å². The highest BCUT2D eigenvalue weighted by atomic mass is 16.5. The molecule has 6 nitrogen and oxygen atoms in total. The predicted molar refractivity (Wildman–Crippen MR) is 75.3 cm³/mol. The van der Waals surface area contributed by atoms with E-state index >= 15 is 0 Å². The van der Waals surface area contributed by atoms with Gasteiger partial charge in [-0.05, 0) is 25.0 Å². The van der Waals surface area contributed by atoms with Gasteiger partial charge in [0.2, 0.25) is 0 Å². The van der Waals surface area contributed by atoms with Crippen LogP contribution in [-0.4, -0.2) is 52.5 Å². The first kappa shape index (κ1) is 14.9. The van der Waals surface area contributed by atoms with Gasteiger partial charge in [-0.2, -0.15) is 0 Å². The summed E-state index contributed by atoms with van der Waals surface area (Å²) in [5, 5.41) is 12.4. The molecule has 0 saturated carbocycles. The number of nitrogens with zero attached hydrogens (tertiary/aromatic N) is 2. The molecule has 1 saturated heterocycles. The molecule has 0 aliphatic carbocycles. The van der Waals surface area contributed by atoms with Crippen LogP contribution < -0.4 is 5.32 Å². The molecule has 0 aromatic carbocycles. The fraction of sp³-hybridized carbons (Fsp3) is 0.643. The number of aryl methyl sites for hydroxylation is 1. The molecule has 1 aromatic heterocycles. The summed E-state index contributed by atoms with van der Waals surface area (Å²) in [7, 11) is 1.95. The van der Waals surface area contributed by atoms with Crippen LogP contribution in [0.15, 0.2) is 18.5 Å². The number of hydrogen-bond donors (Lipinski definition) is 2. The average molecular weight is 281 g/mol. The molecule has 1 aliphatic rings. The number of amides is 2. The van der Waals surface area contributed by atoms with Crippen molar-refractivity contribution in [2.75, 3.05) is 19.8 Å². The van der Waals surface area contributed by atoms with Gasteiger partial charge >= 0.3 is 6.03 Å². The molecule has 2 N–H and O–H groups in total. The number of carbonyl (C=O) groups is 1. The van der Waals surface area contributed by atoms with Crippen LogP contribution in [-0.2, 0) is 18.3 Å². The highest BCUT2D eigenvalue weighted by molar-refractivity contribution is 5.74. The Hall–Kier alpha value is -1.53. The topological polar surface area (TPSA) is 66.7 Å². The zero-order valence-electron chi connectivity index (χ0n) is 12.1. The fourth-order valence-corrected chi connectivity index (χ4v) is 2.46. The first-order chi connectivity index (χ1) is 9.56. The lowest BCUT2D eigenvalue weighted by Crippen LogP contribution is -2.53. The molecule has 1 fully saturated rings. The minimum absolute atomic E-state index is 0.0560. The number of morpholine rings is 1. The lowest BCUT2D eigenvalue weighted by atomic mass is 10.1. The van der Waals surface area contributed by atoms with Crippen molar-refractivity contribution in [3.05, 3.63) is 24.0 Å². The van der Waals surface area contributed by atoms with Crippen molar-refractivity contribution >= 4 is 6.03 Å². The van der Waals surface area contributed by atoms with Crippen LogP contribution >= 0.6 is 0 Å². The Morgan fingerprint density at radius 2 is 2.45 bits per heavy atom. The molecule has 1 aromatic rings. The van der Waals surface area contributed by atoms with E-state index in [1.54, 1.807) is 11.8 Å². The van der Waals surface area contributed by atoms with E-state index < -0.39 is 6.10 Å². The summed E-state index contributed by atoms with van der Waals surface area (Å²) in [5.74, 6) is 0. The molecule has 2 atom stereocenters. The lowest BCUT2D eigenvalue weighted by Gasteiger charge is -2.36. The van der Waals surface area contributed by atoms with Gasteiger partial charge in [0.1, 0.15) is 0 Å². The summed E-state index contributed by atoms with van der Waals surface area (Å²) in [4.78, 5) is 14.0. The number of aromatic nitrogens is 1. The molecule has 0 bridgehead atoms. The molecular formula is C14H23N3O3. The van der Waals surface area contributed by atoms with Crippen molar-refractivity contribution in [1.29, 1.82) is 0 Å². The Labute approximate surface area is 119 Å². The van der Waals surface area contributed by atoms with Crippen LogP contribution in [0, 0.1) is 0 Å². The average Bonchev–Trinajstić information content (AvgIpc) is 2.82. The molecule has 1 aliphatic heterocycles. The van der Waals surface area contributed by atoms with Gasteiger partial charge < -0.3 is 24.6 Å². The molecule has 2 rings (SSSR count). The number of ether oxygens (including phenoxy) is 1. The minimum Gasteiger partial charge on any atom is -0.393 e. The number of aliphatic hydroxyl groups is 1. The highest BCUT2D eigenvalue weighted by Gasteiger charge is 2.28. The van der Waals surface area contributed by atoms with Crippen LogP contribution in [0.5, 0.6) is 0 Å². The second-order valence-electron chi connectivity index (χ2n) is 5.35. The van der Waals surface area contributed by atoms with Crippen molar-refractivity contribution in [2.24, 2.45) is 7.05 Å². The van der Waals surface area contributed by atoms with Gasteiger partial charge in [-0.15, -0.1) is 0 Å². The van der Waals surface area contributed by atoms with Gasteiger partial charge in [0.15, 0.2) is 0 Å². The third-order valence-corrected chi connectivity index (χ3v) is 3.44. The molecule has 2 unspecified atom stereocenters. The highest BCUT2D eigenvalue weighted by Crippen LogP contribution is 2.13. The lowest BCUT2D eigenvalue weighted by molar-refractivity contribution is -0.00437. The quantitative estimate of drug-likeness (QED) is 0.854. The Morgan fingerprint density at radius 3 is 3.10 bits per heavy atom. The van der Waals surface area contributed by atoms with Gasteiger partial charge in [0.25, 0.3) is 0 Å². The molecular weight excluding hydrogens is 258 g/mol. The number of carbonyl (C=O) groups excluding carboxylic acids is 1. The molecule has 2 amide bonds. The largest absolute Gasteiger partial charge is 0.393 e. The molecule has 2 heterocycles. The van der Waals surface area contributed by atoms with Gasteiger partial charge in [-0.3, -0.25) is 0 Å². The number of aliphatic hydroxyl groups excluding tert-OH is 1. The van der Waals surface area contributed by atoms with Crippen molar-refractivity contribution in [1.82, 2.24) is 14.8 Å². The number of rotatable bonds is 4. The molecule has 6 heteroatoms. The maximum atomic E-state index is 12.2. The van der Waals surface area contributed by atoms with E-state index in [9.17, 15) is 9.90 Å². The summed E-state index contributed by atoms with van der Waals surface area (Å²) in [6.45, 7) is 3.85. The zero-order valence-corrected chi connectivity index (χ0v) is 12.1.